The topological polar surface area (TPSA) is 327 Å². The molecule has 1 aliphatic heterocycles. The molecule has 1 aliphatic rings. The normalized spacial score (nSPS) is 12.8. The Balaban J connectivity index is 0.000000470. The number of halogens is 6. The average molecular weight is 1020 g/mol. The fourth-order valence-corrected chi connectivity index (χ4v) is 6.47. The molecular formula is C39H50F6N12O12S. The van der Waals surface area contributed by atoms with Crippen LogP contribution >= 0.6 is 0 Å². The van der Waals surface area contributed by atoms with Gasteiger partial charge >= 0.3 is 41.7 Å². The number of esters is 2. The molecule has 4 N–H and O–H groups in total. The van der Waals surface area contributed by atoms with E-state index in [0.717, 1.165) is 59.5 Å². The average Bonchev–Trinajstić information content (AvgIpc) is 3.24. The van der Waals surface area contributed by atoms with Crippen molar-refractivity contribution in [2.75, 3.05) is 73.6 Å². The lowest BCUT2D eigenvalue weighted by atomic mass is 10.0. The monoisotopic (exact) mass is 1020 g/mol. The third-order valence-corrected chi connectivity index (χ3v) is 9.90. The standard InChI is InChI=1S/C21H25F3N6O6.C16H17F3N6O6S.2CH4/c1-2-35-16(31)11-29(10-14-3-4-15(26-9-14)21(22,23)24)19-17(30(32)33)18(25)27-20(28-19)36-12-13-5-7-34-8-6-13;1-3-31-11(26)8-24(7-9-4-5-10(21-6-9)16(17,18)19)14-12(25(27)28)13(20)22-15(23-14)32(2,29)30;;/h3-4,9,13H,2,5-8,10-12H2,1H3,(H2,25,27,28);4-6H,3,7-8H2,1-2H3,(H2,20,22,23);2*1H4. The van der Waals surface area contributed by atoms with Gasteiger partial charge in [-0.2, -0.15) is 46.3 Å². The van der Waals surface area contributed by atoms with Gasteiger partial charge in [-0.05, 0) is 55.9 Å². The largest absolute Gasteiger partial charge is 0.465 e. The van der Waals surface area contributed by atoms with E-state index in [4.69, 9.17) is 30.4 Å². The van der Waals surface area contributed by atoms with E-state index in [9.17, 15) is 64.6 Å². The molecule has 24 nitrogen and oxygen atoms in total. The second-order valence-corrected chi connectivity index (χ2v) is 16.1. The molecule has 5 heterocycles. The van der Waals surface area contributed by atoms with Gasteiger partial charge in [0.05, 0.1) is 29.7 Å². The second-order valence-electron chi connectivity index (χ2n) is 14.2. The minimum Gasteiger partial charge on any atom is -0.465 e. The quantitative estimate of drug-likeness (QED) is 0.0415. The summed E-state index contributed by atoms with van der Waals surface area (Å²) in [5.74, 6) is -3.69. The Kier molecular flexibility index (Phi) is 21.3. The molecule has 0 aromatic carbocycles. The molecule has 0 bridgehead atoms. The van der Waals surface area contributed by atoms with Crippen molar-refractivity contribution >= 4 is 56.4 Å². The number of nitrogens with zero attached hydrogens (tertiary/aromatic N) is 10. The summed E-state index contributed by atoms with van der Waals surface area (Å²) in [6, 6.07) is 3.40. The van der Waals surface area contributed by atoms with Crippen molar-refractivity contribution in [2.24, 2.45) is 5.92 Å². The number of alkyl halides is 6. The maximum absolute atomic E-state index is 12.9. The minimum atomic E-state index is -4.69. The molecule has 70 heavy (non-hydrogen) atoms. The molecule has 0 saturated carbocycles. The third-order valence-electron chi connectivity index (χ3n) is 9.06. The molecule has 0 atom stereocenters. The first kappa shape index (κ1) is 58.8. The number of anilines is 4. The molecule has 0 spiro atoms. The summed E-state index contributed by atoms with van der Waals surface area (Å²) in [7, 11) is -4.06. The number of aromatic nitrogens is 6. The van der Waals surface area contributed by atoms with Gasteiger partial charge in [-0.25, -0.2) is 8.42 Å². The molecular weight excluding hydrogens is 975 g/mol. The number of hydrogen-bond acceptors (Lipinski definition) is 22. The van der Waals surface area contributed by atoms with E-state index in [0.29, 0.717) is 19.3 Å². The highest BCUT2D eigenvalue weighted by atomic mass is 32.2. The zero-order chi connectivity index (χ0) is 50.6. The minimum absolute atomic E-state index is 0. The van der Waals surface area contributed by atoms with E-state index < -0.39 is 109 Å². The molecule has 0 unspecified atom stereocenters. The molecule has 0 radical (unpaired) electrons. The van der Waals surface area contributed by atoms with Crippen LogP contribution in [0.3, 0.4) is 0 Å². The van der Waals surface area contributed by atoms with Gasteiger partial charge in [0.1, 0.15) is 24.5 Å². The van der Waals surface area contributed by atoms with Crippen molar-refractivity contribution in [3.63, 3.8) is 0 Å². The van der Waals surface area contributed by atoms with Gasteiger partial charge in [-0.1, -0.05) is 27.0 Å². The highest BCUT2D eigenvalue weighted by molar-refractivity contribution is 7.90. The highest BCUT2D eigenvalue weighted by Gasteiger charge is 2.35. The number of nitro groups is 2. The SMILES string of the molecule is C.C.CCOC(=O)CN(Cc1ccc(C(F)(F)F)nc1)c1nc(OCC2CCOCC2)nc(N)c1[N+](=O)[O-].CCOC(=O)CN(Cc1ccc(C(F)(F)F)nc1)c1nc(S(C)(=O)=O)nc(N)c1[N+](=O)[O-]. The molecule has 31 heteroatoms. The maximum atomic E-state index is 12.9. The Morgan fingerprint density at radius 1 is 0.757 bits per heavy atom. The number of sulfone groups is 1. The van der Waals surface area contributed by atoms with E-state index >= 15 is 0 Å². The van der Waals surface area contributed by atoms with Crippen LogP contribution in [-0.4, -0.2) is 112 Å². The Bertz CT molecular complexity index is 2540. The summed E-state index contributed by atoms with van der Waals surface area (Å²) in [4.78, 5) is 69.8. The van der Waals surface area contributed by atoms with Crippen LogP contribution in [0, 0.1) is 26.1 Å². The summed E-state index contributed by atoms with van der Waals surface area (Å²) in [5, 5.41) is 22.5. The summed E-state index contributed by atoms with van der Waals surface area (Å²) in [6.07, 6.45) is -5.26. The first-order chi connectivity index (χ1) is 31.8. The van der Waals surface area contributed by atoms with Crippen LogP contribution in [0.1, 0.15) is 64.1 Å². The van der Waals surface area contributed by atoms with Crippen LogP contribution < -0.4 is 26.0 Å². The van der Waals surface area contributed by atoms with Gasteiger partial charge in [0.25, 0.3) is 5.16 Å². The lowest BCUT2D eigenvalue weighted by Crippen LogP contribution is -2.32. The number of nitrogen functional groups attached to an aromatic ring is 2. The Morgan fingerprint density at radius 3 is 1.56 bits per heavy atom. The second kappa shape index (κ2) is 25.3. The first-order valence-electron chi connectivity index (χ1n) is 19.7. The number of nitrogens with two attached hydrogens (primary N) is 2. The first-order valence-corrected chi connectivity index (χ1v) is 21.6. The number of pyridine rings is 2. The van der Waals surface area contributed by atoms with E-state index in [1.807, 2.05) is 0 Å². The smallest absolute Gasteiger partial charge is 0.433 e. The van der Waals surface area contributed by atoms with Gasteiger partial charge in [-0.3, -0.25) is 39.8 Å². The van der Waals surface area contributed by atoms with Crippen LogP contribution in [0.2, 0.25) is 0 Å². The number of rotatable bonds is 18. The predicted octanol–water partition coefficient (Wildman–Crippen LogP) is 5.38. The van der Waals surface area contributed by atoms with E-state index in [1.54, 1.807) is 6.92 Å². The molecule has 1 saturated heterocycles. The van der Waals surface area contributed by atoms with Crippen molar-refractivity contribution in [2.45, 2.75) is 72.1 Å². The van der Waals surface area contributed by atoms with Crippen LogP contribution in [0.5, 0.6) is 6.01 Å². The summed E-state index contributed by atoms with van der Waals surface area (Å²) in [5.41, 5.74) is 7.90. The van der Waals surface area contributed by atoms with Gasteiger partial charge in [0, 0.05) is 45.0 Å². The zero-order valence-corrected chi connectivity index (χ0v) is 36.8. The van der Waals surface area contributed by atoms with Crippen LogP contribution in [0.4, 0.5) is 61.0 Å². The Labute approximate surface area is 395 Å². The third kappa shape index (κ3) is 16.7. The van der Waals surface area contributed by atoms with Crippen LogP contribution in [-0.2, 0) is 59.1 Å². The molecule has 4 aromatic heterocycles. The fraction of sp³-hybridized carbons (Fsp3) is 0.487. The fourth-order valence-electron chi connectivity index (χ4n) is 5.95. The number of carbonyl (C=O) groups excluding carboxylic acids is 2. The van der Waals surface area contributed by atoms with Gasteiger partial charge in [-0.15, -0.1) is 0 Å². The van der Waals surface area contributed by atoms with E-state index in [1.165, 1.54) is 6.92 Å². The van der Waals surface area contributed by atoms with Gasteiger partial charge < -0.3 is 40.2 Å². The number of hydrogen-bond donors (Lipinski definition) is 2. The maximum Gasteiger partial charge on any atom is 0.433 e. The molecule has 1 fully saturated rings. The van der Waals surface area contributed by atoms with Crippen molar-refractivity contribution < 1.29 is 73.1 Å². The summed E-state index contributed by atoms with van der Waals surface area (Å²) < 4.78 is 121. The molecule has 0 aliphatic carbocycles. The van der Waals surface area contributed by atoms with Crippen LogP contribution in [0.15, 0.2) is 41.8 Å². The zero-order valence-electron chi connectivity index (χ0n) is 36.0. The highest BCUT2D eigenvalue weighted by Crippen LogP contribution is 2.36. The molecule has 4 aromatic rings. The summed E-state index contributed by atoms with van der Waals surface area (Å²) in [6.45, 7) is 2.64. The number of ether oxygens (including phenoxy) is 4. The van der Waals surface area contributed by atoms with Crippen molar-refractivity contribution in [3.05, 3.63) is 79.4 Å². The Morgan fingerprint density at radius 2 is 1.19 bits per heavy atom. The van der Waals surface area contributed by atoms with Gasteiger partial charge in [0.2, 0.25) is 33.1 Å². The lowest BCUT2D eigenvalue weighted by Gasteiger charge is -2.24. The van der Waals surface area contributed by atoms with Crippen molar-refractivity contribution in [1.82, 2.24) is 29.9 Å². The van der Waals surface area contributed by atoms with Crippen LogP contribution in [0.25, 0.3) is 0 Å². The van der Waals surface area contributed by atoms with E-state index in [-0.39, 0.29) is 70.1 Å². The molecule has 5 rings (SSSR count). The molecule has 0 amide bonds. The molecule has 386 valence electrons. The lowest BCUT2D eigenvalue weighted by molar-refractivity contribution is -0.383. The summed E-state index contributed by atoms with van der Waals surface area (Å²) >= 11 is 0. The van der Waals surface area contributed by atoms with E-state index in [2.05, 4.69) is 29.9 Å². The Hall–Kier alpha value is -7.31. The number of carbonyl (C=O) groups is 2. The van der Waals surface area contributed by atoms with Crippen molar-refractivity contribution in [1.29, 1.82) is 0 Å². The van der Waals surface area contributed by atoms with Gasteiger partial charge in [0.15, 0.2) is 0 Å². The predicted molar refractivity (Wildman–Crippen MR) is 236 cm³/mol. The van der Waals surface area contributed by atoms with Crippen molar-refractivity contribution in [3.8, 4) is 6.01 Å².